The lowest BCUT2D eigenvalue weighted by Gasteiger charge is -2.09. The molecule has 5 nitrogen and oxygen atoms in total. The number of imidazole rings is 1. The van der Waals surface area contributed by atoms with E-state index in [0.717, 1.165) is 18.2 Å². The van der Waals surface area contributed by atoms with Crippen LogP contribution >= 0.6 is 0 Å². The van der Waals surface area contributed by atoms with Crippen LogP contribution in [-0.4, -0.2) is 21.9 Å². The number of hydrogen-bond donors (Lipinski definition) is 1. The van der Waals surface area contributed by atoms with Crippen LogP contribution in [0.5, 0.6) is 5.75 Å². The fourth-order valence-electron chi connectivity index (χ4n) is 2.82. The second-order valence-electron chi connectivity index (χ2n) is 6.01. The van der Waals surface area contributed by atoms with E-state index in [4.69, 9.17) is 4.74 Å². The summed E-state index contributed by atoms with van der Waals surface area (Å²) in [5.74, 6) is -0.902. The number of para-hydroxylation sites is 1. The molecule has 0 aliphatic heterocycles. The predicted octanol–water partition coefficient (Wildman–Crippen LogP) is 4.30. The predicted molar refractivity (Wildman–Crippen MR) is 101 cm³/mol. The minimum atomic E-state index is -0.638. The van der Waals surface area contributed by atoms with Crippen LogP contribution < -0.4 is 10.1 Å². The minimum Gasteiger partial charge on any atom is -0.484 e. The molecule has 4 rings (SSSR count). The van der Waals surface area contributed by atoms with Crippen molar-refractivity contribution >= 4 is 17.4 Å². The molecule has 0 atom stereocenters. The largest absolute Gasteiger partial charge is 0.484 e. The summed E-state index contributed by atoms with van der Waals surface area (Å²) in [6.45, 7) is -0.241. The van der Waals surface area contributed by atoms with Gasteiger partial charge in [-0.2, -0.15) is 0 Å². The highest BCUT2D eigenvalue weighted by Gasteiger charge is 2.19. The molecule has 7 heteroatoms. The van der Waals surface area contributed by atoms with Gasteiger partial charge < -0.3 is 10.1 Å². The molecule has 0 aliphatic rings. The van der Waals surface area contributed by atoms with Gasteiger partial charge in [0.15, 0.2) is 6.61 Å². The fraction of sp³-hybridized carbons (Fsp3) is 0.0476. The lowest BCUT2D eigenvalue weighted by molar-refractivity contribution is -0.118. The van der Waals surface area contributed by atoms with E-state index >= 15 is 0 Å². The first-order valence-electron chi connectivity index (χ1n) is 8.52. The number of nitrogens with zero attached hydrogens (tertiary/aromatic N) is 2. The van der Waals surface area contributed by atoms with E-state index in [1.54, 1.807) is 53.1 Å². The van der Waals surface area contributed by atoms with Gasteiger partial charge in [-0.1, -0.05) is 24.3 Å². The summed E-state index contributed by atoms with van der Waals surface area (Å²) in [5.41, 5.74) is 0.583. The Balaban J connectivity index is 1.67. The molecular formula is C21H15F2N3O2. The summed E-state index contributed by atoms with van der Waals surface area (Å²) < 4.78 is 35.0. The number of pyridine rings is 1. The molecular weight excluding hydrogens is 364 g/mol. The van der Waals surface area contributed by atoms with Gasteiger partial charge in [-0.25, -0.2) is 13.8 Å². The molecule has 4 aromatic rings. The van der Waals surface area contributed by atoms with Crippen LogP contribution in [0.4, 0.5) is 14.6 Å². The van der Waals surface area contributed by atoms with Crippen LogP contribution in [0.25, 0.3) is 16.9 Å². The molecule has 0 aliphatic carbocycles. The highest BCUT2D eigenvalue weighted by atomic mass is 19.1. The monoisotopic (exact) mass is 379 g/mol. The number of rotatable bonds is 5. The van der Waals surface area contributed by atoms with Crippen LogP contribution in [0.2, 0.25) is 0 Å². The minimum absolute atomic E-state index is 0.0389. The number of benzene rings is 2. The zero-order chi connectivity index (χ0) is 19.5. The molecule has 0 saturated carbocycles. The molecule has 2 aromatic carbocycles. The lowest BCUT2D eigenvalue weighted by Crippen LogP contribution is -2.21. The number of amides is 1. The van der Waals surface area contributed by atoms with Gasteiger partial charge in [0.25, 0.3) is 5.91 Å². The van der Waals surface area contributed by atoms with E-state index in [2.05, 4.69) is 10.3 Å². The first kappa shape index (κ1) is 17.7. The van der Waals surface area contributed by atoms with Gasteiger partial charge in [0.2, 0.25) is 0 Å². The summed E-state index contributed by atoms with van der Waals surface area (Å²) in [4.78, 5) is 16.8. The molecule has 140 valence electrons. The SMILES string of the molecule is O=C(COc1ccccc1)Nc1c(-c2cc(F)ccc2F)nc2ccccn12. The summed E-state index contributed by atoms with van der Waals surface area (Å²) >= 11 is 0. The standard InChI is InChI=1S/C21H15F2N3O2/c22-14-9-10-17(23)16(12-14)20-21(26-11-5-4-8-18(26)24-20)25-19(27)13-28-15-6-2-1-3-7-15/h1-12H,13H2,(H,25,27). The number of nitrogens with one attached hydrogen (secondary N) is 1. The fourth-order valence-corrected chi connectivity index (χ4v) is 2.82. The number of carbonyl (C=O) groups excluding carboxylic acids is 1. The molecule has 0 unspecified atom stereocenters. The van der Waals surface area contributed by atoms with Crippen molar-refractivity contribution in [1.29, 1.82) is 0 Å². The molecule has 0 spiro atoms. The van der Waals surface area contributed by atoms with Crippen LogP contribution in [0.15, 0.2) is 72.9 Å². The van der Waals surface area contributed by atoms with Gasteiger partial charge in [-0.15, -0.1) is 0 Å². The third kappa shape index (κ3) is 3.55. The van der Waals surface area contributed by atoms with Crippen LogP contribution in [0.3, 0.4) is 0 Å². The Labute approximate surface area is 159 Å². The summed E-state index contributed by atoms with van der Waals surface area (Å²) in [7, 11) is 0. The van der Waals surface area contributed by atoms with Crippen molar-refractivity contribution in [2.45, 2.75) is 0 Å². The average molecular weight is 379 g/mol. The molecule has 0 fully saturated rings. The summed E-state index contributed by atoms with van der Waals surface area (Å²) in [6.07, 6.45) is 1.68. The maximum absolute atomic E-state index is 14.3. The molecule has 0 bridgehead atoms. The Morgan fingerprint density at radius 2 is 1.82 bits per heavy atom. The van der Waals surface area contributed by atoms with E-state index in [1.807, 2.05) is 6.07 Å². The number of halogens is 2. The van der Waals surface area contributed by atoms with Crippen molar-refractivity contribution in [3.05, 3.63) is 84.6 Å². The van der Waals surface area contributed by atoms with Crippen molar-refractivity contribution in [3.8, 4) is 17.0 Å². The van der Waals surface area contributed by atoms with E-state index in [1.165, 1.54) is 0 Å². The van der Waals surface area contributed by atoms with Crippen molar-refractivity contribution in [1.82, 2.24) is 9.38 Å². The van der Waals surface area contributed by atoms with E-state index in [9.17, 15) is 13.6 Å². The molecule has 0 radical (unpaired) electrons. The maximum Gasteiger partial charge on any atom is 0.263 e. The van der Waals surface area contributed by atoms with Crippen molar-refractivity contribution in [3.63, 3.8) is 0 Å². The zero-order valence-electron chi connectivity index (χ0n) is 14.6. The topological polar surface area (TPSA) is 55.6 Å². The number of anilines is 1. The van der Waals surface area contributed by atoms with Gasteiger partial charge in [-0.05, 0) is 42.5 Å². The van der Waals surface area contributed by atoms with Crippen molar-refractivity contribution in [2.75, 3.05) is 11.9 Å². The Bertz CT molecular complexity index is 1140. The molecule has 28 heavy (non-hydrogen) atoms. The van der Waals surface area contributed by atoms with Crippen molar-refractivity contribution < 1.29 is 18.3 Å². The number of hydrogen-bond acceptors (Lipinski definition) is 3. The van der Waals surface area contributed by atoms with Gasteiger partial charge in [0.1, 0.15) is 34.5 Å². The summed E-state index contributed by atoms with van der Waals surface area (Å²) in [5, 5.41) is 2.70. The van der Waals surface area contributed by atoms with E-state index in [-0.39, 0.29) is 23.7 Å². The maximum atomic E-state index is 14.3. The van der Waals surface area contributed by atoms with Gasteiger partial charge in [0.05, 0.1) is 0 Å². The van der Waals surface area contributed by atoms with E-state index in [0.29, 0.717) is 11.4 Å². The molecule has 2 aromatic heterocycles. The van der Waals surface area contributed by atoms with Crippen molar-refractivity contribution in [2.24, 2.45) is 0 Å². The highest BCUT2D eigenvalue weighted by molar-refractivity contribution is 5.95. The van der Waals surface area contributed by atoms with Gasteiger partial charge >= 0.3 is 0 Å². The third-order valence-electron chi connectivity index (χ3n) is 4.08. The molecule has 2 heterocycles. The van der Waals surface area contributed by atoms with Crippen LogP contribution in [-0.2, 0) is 4.79 Å². The highest BCUT2D eigenvalue weighted by Crippen LogP contribution is 2.31. The zero-order valence-corrected chi connectivity index (χ0v) is 14.6. The second kappa shape index (κ2) is 7.48. The third-order valence-corrected chi connectivity index (χ3v) is 4.08. The molecule has 1 N–H and O–H groups in total. The molecule has 0 saturated heterocycles. The number of ether oxygens (including phenoxy) is 1. The van der Waals surface area contributed by atoms with Crippen LogP contribution in [0.1, 0.15) is 0 Å². The summed E-state index contributed by atoms with van der Waals surface area (Å²) in [6, 6.07) is 17.2. The number of carbonyl (C=O) groups is 1. The van der Waals surface area contributed by atoms with Gasteiger partial charge in [-0.3, -0.25) is 9.20 Å². The Kier molecular flexibility index (Phi) is 4.72. The second-order valence-corrected chi connectivity index (χ2v) is 6.01. The first-order valence-corrected chi connectivity index (χ1v) is 8.52. The molecule has 1 amide bonds. The smallest absolute Gasteiger partial charge is 0.263 e. The number of aromatic nitrogens is 2. The van der Waals surface area contributed by atoms with Gasteiger partial charge in [0, 0.05) is 11.8 Å². The van der Waals surface area contributed by atoms with Crippen LogP contribution in [0, 0.1) is 11.6 Å². The van der Waals surface area contributed by atoms with E-state index < -0.39 is 17.5 Å². The lowest BCUT2D eigenvalue weighted by atomic mass is 10.1. The Morgan fingerprint density at radius 3 is 2.64 bits per heavy atom. The quantitative estimate of drug-likeness (QED) is 0.563. The average Bonchev–Trinajstić information content (AvgIpc) is 3.07. The Hall–Kier alpha value is -3.74. The number of fused-ring (bicyclic) bond motifs is 1. The first-order chi connectivity index (χ1) is 13.6. The normalized spacial score (nSPS) is 10.8. The Morgan fingerprint density at radius 1 is 1.04 bits per heavy atom.